The van der Waals surface area contributed by atoms with E-state index < -0.39 is 0 Å². The molecule has 140 valence electrons. The molecule has 2 aliphatic carbocycles. The predicted octanol–water partition coefficient (Wildman–Crippen LogP) is 5.03. The summed E-state index contributed by atoms with van der Waals surface area (Å²) in [4.78, 5) is 0. The molecule has 0 radical (unpaired) electrons. The Morgan fingerprint density at radius 2 is 2.00 bits per heavy atom. The Morgan fingerprint density at radius 3 is 2.72 bits per heavy atom. The topological polar surface area (TPSA) is 46.2 Å². The first-order valence-corrected chi connectivity index (χ1v) is 10.6. The summed E-state index contributed by atoms with van der Waals surface area (Å²) in [6, 6.07) is 4.96. The molecule has 0 unspecified atom stereocenters. The number of nitrogens with two attached hydrogens (primary N) is 1. The molecule has 0 spiro atoms. The Hall–Kier alpha value is -0.860. The first kappa shape index (κ1) is 18.9. The van der Waals surface area contributed by atoms with Crippen LogP contribution in [0.15, 0.2) is 12.1 Å². The van der Waals surface area contributed by atoms with Crippen molar-refractivity contribution in [2.75, 3.05) is 6.61 Å². The summed E-state index contributed by atoms with van der Waals surface area (Å²) in [7, 11) is 0. The Bertz CT molecular complexity index is 582. The van der Waals surface area contributed by atoms with Gasteiger partial charge in [0.25, 0.3) is 0 Å². The van der Waals surface area contributed by atoms with Crippen LogP contribution in [0.25, 0.3) is 0 Å². The molecule has 2 nitrogen and oxygen atoms in total. The summed E-state index contributed by atoms with van der Waals surface area (Å²) in [5, 5.41) is 9.56. The molecular formula is C23H37NO. The van der Waals surface area contributed by atoms with E-state index in [2.05, 4.69) is 26.0 Å². The van der Waals surface area contributed by atoms with Crippen LogP contribution in [0, 0.1) is 12.8 Å². The third kappa shape index (κ3) is 4.46. The van der Waals surface area contributed by atoms with Gasteiger partial charge in [-0.3, -0.25) is 0 Å². The average molecular weight is 344 g/mol. The second-order valence-corrected chi connectivity index (χ2v) is 8.90. The van der Waals surface area contributed by atoms with Crippen molar-refractivity contribution in [3.63, 3.8) is 0 Å². The second-order valence-electron chi connectivity index (χ2n) is 8.90. The minimum Gasteiger partial charge on any atom is -0.394 e. The largest absolute Gasteiger partial charge is 0.394 e. The monoisotopic (exact) mass is 343 g/mol. The molecule has 0 aliphatic heterocycles. The molecule has 25 heavy (non-hydrogen) atoms. The van der Waals surface area contributed by atoms with E-state index in [0.717, 1.165) is 25.2 Å². The first-order valence-electron chi connectivity index (χ1n) is 10.6. The lowest BCUT2D eigenvalue weighted by molar-refractivity contribution is 0.198. The highest BCUT2D eigenvalue weighted by Gasteiger charge is 2.36. The molecule has 1 saturated carbocycles. The van der Waals surface area contributed by atoms with E-state index in [0.29, 0.717) is 5.92 Å². The van der Waals surface area contributed by atoms with Gasteiger partial charge in [0.2, 0.25) is 0 Å². The molecule has 3 N–H and O–H groups in total. The molecule has 0 bridgehead atoms. The van der Waals surface area contributed by atoms with E-state index in [4.69, 9.17) is 5.73 Å². The van der Waals surface area contributed by atoms with Gasteiger partial charge in [0.05, 0.1) is 6.61 Å². The molecule has 2 aliphatic rings. The average Bonchev–Trinajstić information content (AvgIpc) is 3.01. The summed E-state index contributed by atoms with van der Waals surface area (Å²) in [5.74, 6) is 1.43. The van der Waals surface area contributed by atoms with Gasteiger partial charge in [0, 0.05) is 5.54 Å². The van der Waals surface area contributed by atoms with Crippen LogP contribution < -0.4 is 5.73 Å². The maximum absolute atomic E-state index is 9.56. The van der Waals surface area contributed by atoms with Crippen LogP contribution in [-0.2, 0) is 12.8 Å². The lowest BCUT2D eigenvalue weighted by atomic mass is 9.78. The highest BCUT2D eigenvalue weighted by atomic mass is 16.3. The maximum Gasteiger partial charge on any atom is 0.0611 e. The van der Waals surface area contributed by atoms with Crippen LogP contribution in [0.2, 0.25) is 0 Å². The summed E-state index contributed by atoms with van der Waals surface area (Å²) in [6.45, 7) is 4.68. The molecule has 3 rings (SSSR count). The first-order chi connectivity index (χ1) is 12.0. The molecule has 1 aromatic rings. The number of aliphatic hydroxyl groups excluding tert-OH is 1. The zero-order chi connectivity index (χ0) is 17.9. The van der Waals surface area contributed by atoms with Gasteiger partial charge >= 0.3 is 0 Å². The number of unbranched alkanes of at least 4 members (excludes halogenated alkanes) is 3. The molecule has 3 atom stereocenters. The van der Waals surface area contributed by atoms with E-state index in [9.17, 15) is 5.11 Å². The lowest BCUT2D eigenvalue weighted by Crippen LogP contribution is -2.40. The lowest BCUT2D eigenvalue weighted by Gasteiger charge is -2.27. The molecule has 0 amide bonds. The van der Waals surface area contributed by atoms with Crippen molar-refractivity contribution in [3.05, 3.63) is 34.4 Å². The van der Waals surface area contributed by atoms with Gasteiger partial charge in [-0.25, -0.2) is 0 Å². The molecule has 1 aromatic carbocycles. The van der Waals surface area contributed by atoms with E-state index in [1.54, 1.807) is 11.1 Å². The van der Waals surface area contributed by atoms with Crippen LogP contribution in [0.5, 0.6) is 0 Å². The fraction of sp³-hybridized carbons (Fsp3) is 0.739. The van der Waals surface area contributed by atoms with Gasteiger partial charge < -0.3 is 10.8 Å². The van der Waals surface area contributed by atoms with Crippen molar-refractivity contribution in [3.8, 4) is 0 Å². The predicted molar refractivity (Wildman–Crippen MR) is 106 cm³/mol. The zero-order valence-electron chi connectivity index (χ0n) is 16.3. The van der Waals surface area contributed by atoms with E-state index in [-0.39, 0.29) is 12.1 Å². The normalized spacial score (nSPS) is 29.0. The van der Waals surface area contributed by atoms with Crippen molar-refractivity contribution < 1.29 is 5.11 Å². The number of aliphatic hydroxyl groups is 1. The Morgan fingerprint density at radius 1 is 1.16 bits per heavy atom. The summed E-state index contributed by atoms with van der Waals surface area (Å²) in [5.41, 5.74) is 12.1. The van der Waals surface area contributed by atoms with Crippen molar-refractivity contribution >= 4 is 0 Å². The quantitative estimate of drug-likeness (QED) is 0.682. The van der Waals surface area contributed by atoms with Crippen LogP contribution >= 0.6 is 0 Å². The zero-order valence-corrected chi connectivity index (χ0v) is 16.3. The summed E-state index contributed by atoms with van der Waals surface area (Å²) >= 11 is 0. The minimum absolute atomic E-state index is 0.118. The van der Waals surface area contributed by atoms with E-state index >= 15 is 0 Å². The van der Waals surface area contributed by atoms with Gasteiger partial charge in [-0.2, -0.15) is 0 Å². The SMILES string of the molecule is CCCCCC[C@H]1CCc2cc([C@H]3CC[C@@](N)(CO)C3)c(C)cc2C1. The van der Waals surface area contributed by atoms with Crippen molar-refractivity contribution in [2.24, 2.45) is 11.7 Å². The smallest absolute Gasteiger partial charge is 0.0611 e. The number of fused-ring (bicyclic) bond motifs is 1. The van der Waals surface area contributed by atoms with Crippen molar-refractivity contribution in [1.29, 1.82) is 0 Å². The number of rotatable bonds is 7. The van der Waals surface area contributed by atoms with Gasteiger partial charge in [-0.1, -0.05) is 51.2 Å². The highest BCUT2D eigenvalue weighted by molar-refractivity contribution is 5.42. The number of hydrogen-bond acceptors (Lipinski definition) is 2. The van der Waals surface area contributed by atoms with Gasteiger partial charge in [0.15, 0.2) is 0 Å². The van der Waals surface area contributed by atoms with Gasteiger partial charge in [-0.05, 0) is 79.5 Å². The number of benzene rings is 1. The van der Waals surface area contributed by atoms with Crippen LogP contribution in [0.3, 0.4) is 0 Å². The van der Waals surface area contributed by atoms with Crippen LogP contribution in [0.1, 0.15) is 92.9 Å². The van der Waals surface area contributed by atoms with Crippen molar-refractivity contribution in [1.82, 2.24) is 0 Å². The molecule has 2 heteroatoms. The molecule has 0 saturated heterocycles. The van der Waals surface area contributed by atoms with Crippen molar-refractivity contribution in [2.45, 2.75) is 95.9 Å². The molecule has 0 aromatic heterocycles. The van der Waals surface area contributed by atoms with Crippen LogP contribution in [-0.4, -0.2) is 17.3 Å². The molecule has 1 fully saturated rings. The molecule has 0 heterocycles. The van der Waals surface area contributed by atoms with Gasteiger partial charge in [-0.15, -0.1) is 0 Å². The summed E-state index contributed by atoms with van der Waals surface area (Å²) < 4.78 is 0. The third-order valence-electron chi connectivity index (χ3n) is 6.78. The fourth-order valence-electron chi connectivity index (χ4n) is 5.14. The maximum atomic E-state index is 9.56. The standard InChI is InChI=1S/C23H37NO/c1-3-4-5-6-7-18-8-9-19-14-22(17(2)12-21(19)13-18)20-10-11-23(24,15-20)16-25/h12,14,18,20,25H,3-11,13,15-16,24H2,1-2H3/t18-,20-,23-/m0/s1. The fourth-order valence-corrected chi connectivity index (χ4v) is 5.14. The van der Waals surface area contributed by atoms with Crippen LogP contribution in [0.4, 0.5) is 0 Å². The highest BCUT2D eigenvalue weighted by Crippen LogP contribution is 2.42. The van der Waals surface area contributed by atoms with Gasteiger partial charge in [0.1, 0.15) is 0 Å². The number of hydrogen-bond donors (Lipinski definition) is 2. The number of aryl methyl sites for hydroxylation is 2. The van der Waals surface area contributed by atoms with E-state index in [1.807, 2.05) is 0 Å². The second kappa shape index (κ2) is 8.22. The Labute approximate surface area is 154 Å². The third-order valence-corrected chi connectivity index (χ3v) is 6.78. The summed E-state index contributed by atoms with van der Waals surface area (Å²) in [6.07, 6.45) is 13.9. The Balaban J connectivity index is 1.65. The Kier molecular flexibility index (Phi) is 6.22. The minimum atomic E-state index is -0.351. The van der Waals surface area contributed by atoms with E-state index in [1.165, 1.54) is 62.5 Å². The molecular weight excluding hydrogens is 306 g/mol.